The number of rotatable bonds is 7. The summed E-state index contributed by atoms with van der Waals surface area (Å²) in [6.45, 7) is 7.79. The van der Waals surface area contributed by atoms with Crippen molar-refractivity contribution in [1.29, 1.82) is 0 Å². The van der Waals surface area contributed by atoms with Crippen molar-refractivity contribution in [3.05, 3.63) is 48.5 Å². The maximum atomic E-state index is 12.2. The first-order chi connectivity index (χ1) is 12.8. The van der Waals surface area contributed by atoms with Gasteiger partial charge in [-0.05, 0) is 41.8 Å². The molecule has 0 fully saturated rings. The third kappa shape index (κ3) is 6.55. The summed E-state index contributed by atoms with van der Waals surface area (Å²) in [6, 6.07) is 15.5. The van der Waals surface area contributed by atoms with Gasteiger partial charge in [0.2, 0.25) is 11.8 Å². The lowest BCUT2D eigenvalue weighted by Gasteiger charge is -2.18. The first-order valence-corrected chi connectivity index (χ1v) is 9.61. The number of nitrogens with one attached hydrogen (secondary N) is 2. The average molecular weight is 367 g/mol. The van der Waals surface area contributed by atoms with E-state index in [1.165, 1.54) is 0 Å². The normalized spacial score (nSPS) is 11.1. The second-order valence-corrected chi connectivity index (χ2v) is 7.87. The molecule has 2 aromatic rings. The number of unbranched alkanes of at least 4 members (excludes halogenated alkanes) is 2. The first-order valence-electron chi connectivity index (χ1n) is 9.61. The van der Waals surface area contributed by atoms with Gasteiger partial charge in [0.1, 0.15) is 0 Å². The van der Waals surface area contributed by atoms with Crippen molar-refractivity contribution in [2.45, 2.75) is 53.4 Å². The lowest BCUT2D eigenvalue weighted by Crippen LogP contribution is -2.27. The number of benzene rings is 2. The second-order valence-electron chi connectivity index (χ2n) is 7.87. The van der Waals surface area contributed by atoms with Gasteiger partial charge in [0.25, 0.3) is 0 Å². The zero-order valence-corrected chi connectivity index (χ0v) is 16.8. The van der Waals surface area contributed by atoms with Crippen molar-refractivity contribution in [1.82, 2.24) is 0 Å². The Labute approximate surface area is 162 Å². The van der Waals surface area contributed by atoms with E-state index in [1.54, 1.807) is 0 Å². The van der Waals surface area contributed by atoms with Gasteiger partial charge in [-0.15, -0.1) is 0 Å². The summed E-state index contributed by atoms with van der Waals surface area (Å²) < 4.78 is 0. The van der Waals surface area contributed by atoms with Crippen molar-refractivity contribution in [2.75, 3.05) is 10.6 Å². The topological polar surface area (TPSA) is 58.2 Å². The molecule has 0 aliphatic rings. The molecule has 0 heterocycles. The zero-order valence-electron chi connectivity index (χ0n) is 16.8. The van der Waals surface area contributed by atoms with E-state index in [0.717, 1.165) is 41.8 Å². The minimum absolute atomic E-state index is 0.0206. The molecule has 144 valence electrons. The van der Waals surface area contributed by atoms with Crippen LogP contribution in [0.5, 0.6) is 0 Å². The first kappa shape index (κ1) is 20.7. The summed E-state index contributed by atoms with van der Waals surface area (Å²) >= 11 is 0. The second kappa shape index (κ2) is 9.36. The summed E-state index contributed by atoms with van der Waals surface area (Å²) in [4.78, 5) is 24.3. The van der Waals surface area contributed by atoms with Gasteiger partial charge in [-0.1, -0.05) is 64.8 Å². The van der Waals surface area contributed by atoms with Crippen LogP contribution < -0.4 is 10.6 Å². The summed E-state index contributed by atoms with van der Waals surface area (Å²) in [5.74, 6) is 0.0273. The van der Waals surface area contributed by atoms with Gasteiger partial charge in [0.15, 0.2) is 0 Å². The Morgan fingerprint density at radius 3 is 1.93 bits per heavy atom. The zero-order chi connectivity index (χ0) is 19.9. The smallest absolute Gasteiger partial charge is 0.229 e. The highest BCUT2D eigenvalue weighted by molar-refractivity contribution is 5.95. The molecule has 0 spiro atoms. The molecule has 0 aliphatic carbocycles. The Kier molecular flexibility index (Phi) is 7.17. The summed E-state index contributed by atoms with van der Waals surface area (Å²) in [5, 5.41) is 5.93. The van der Waals surface area contributed by atoms with Crippen LogP contribution in [0.25, 0.3) is 11.1 Å². The molecule has 0 saturated carbocycles. The molecule has 0 aliphatic heterocycles. The molecule has 0 unspecified atom stereocenters. The summed E-state index contributed by atoms with van der Waals surface area (Å²) in [6.07, 6.45) is 3.63. The van der Waals surface area contributed by atoms with Gasteiger partial charge in [-0.2, -0.15) is 0 Å². The van der Waals surface area contributed by atoms with E-state index < -0.39 is 5.41 Å². The van der Waals surface area contributed by atoms with E-state index in [2.05, 4.69) is 17.6 Å². The number of hydrogen-bond donors (Lipinski definition) is 2. The van der Waals surface area contributed by atoms with Crippen molar-refractivity contribution in [2.24, 2.45) is 5.41 Å². The Morgan fingerprint density at radius 1 is 0.852 bits per heavy atom. The van der Waals surface area contributed by atoms with Crippen molar-refractivity contribution >= 4 is 23.2 Å². The number of anilines is 2. The highest BCUT2D eigenvalue weighted by Crippen LogP contribution is 2.26. The Hall–Kier alpha value is -2.62. The molecule has 2 amide bonds. The van der Waals surface area contributed by atoms with Crippen LogP contribution in [-0.2, 0) is 9.59 Å². The Bertz CT molecular complexity index is 791. The Balaban J connectivity index is 2.11. The molecule has 2 aromatic carbocycles. The average Bonchev–Trinajstić information content (AvgIpc) is 2.61. The van der Waals surface area contributed by atoms with E-state index in [1.807, 2.05) is 69.3 Å². The van der Waals surface area contributed by atoms with Crippen molar-refractivity contribution in [3.8, 4) is 11.1 Å². The molecule has 0 aromatic heterocycles. The lowest BCUT2D eigenvalue weighted by molar-refractivity contribution is -0.123. The van der Waals surface area contributed by atoms with E-state index >= 15 is 0 Å². The number of carbonyl (C=O) groups is 2. The van der Waals surface area contributed by atoms with Crippen LogP contribution in [0.15, 0.2) is 48.5 Å². The van der Waals surface area contributed by atoms with E-state index in [9.17, 15) is 9.59 Å². The van der Waals surface area contributed by atoms with Crippen molar-refractivity contribution in [3.63, 3.8) is 0 Å². The molecule has 4 nitrogen and oxygen atoms in total. The number of hydrogen-bond acceptors (Lipinski definition) is 2. The molecule has 0 atom stereocenters. The molecule has 0 radical (unpaired) electrons. The number of amides is 2. The Morgan fingerprint density at radius 2 is 1.41 bits per heavy atom. The van der Waals surface area contributed by atoms with Crippen LogP contribution in [0.1, 0.15) is 53.4 Å². The highest BCUT2D eigenvalue weighted by Gasteiger charge is 2.21. The van der Waals surface area contributed by atoms with Crippen molar-refractivity contribution < 1.29 is 9.59 Å². The quantitative estimate of drug-likeness (QED) is 0.603. The van der Waals surface area contributed by atoms with Gasteiger partial charge in [0, 0.05) is 23.2 Å². The number of carbonyl (C=O) groups excluding carboxylic acids is 2. The largest absolute Gasteiger partial charge is 0.326 e. The fraction of sp³-hybridized carbons (Fsp3) is 0.391. The minimum atomic E-state index is -0.446. The van der Waals surface area contributed by atoms with Crippen LogP contribution in [0.3, 0.4) is 0 Å². The van der Waals surface area contributed by atoms with Gasteiger partial charge in [0.05, 0.1) is 0 Å². The van der Waals surface area contributed by atoms with Gasteiger partial charge in [-0.25, -0.2) is 0 Å². The fourth-order valence-electron chi connectivity index (χ4n) is 2.63. The molecule has 27 heavy (non-hydrogen) atoms. The molecule has 4 heteroatoms. The maximum Gasteiger partial charge on any atom is 0.229 e. The monoisotopic (exact) mass is 366 g/mol. The van der Waals surface area contributed by atoms with Gasteiger partial charge >= 0.3 is 0 Å². The standard InChI is InChI=1S/C23H30N2O2/c1-5-6-7-14-21(26)24-19-12-8-10-17(15-19)18-11-9-13-20(16-18)25-22(27)23(2,3)4/h8-13,15-16H,5-7,14H2,1-4H3,(H,24,26)(H,25,27). The van der Waals surface area contributed by atoms with Crippen LogP contribution in [0.4, 0.5) is 11.4 Å². The van der Waals surface area contributed by atoms with Crippen LogP contribution in [-0.4, -0.2) is 11.8 Å². The molecule has 2 rings (SSSR count). The highest BCUT2D eigenvalue weighted by atomic mass is 16.2. The summed E-state index contributed by atoms with van der Waals surface area (Å²) in [7, 11) is 0. The SMILES string of the molecule is CCCCCC(=O)Nc1cccc(-c2cccc(NC(=O)C(C)(C)C)c2)c1. The fourth-order valence-corrected chi connectivity index (χ4v) is 2.63. The van der Waals surface area contributed by atoms with E-state index in [-0.39, 0.29) is 11.8 Å². The van der Waals surface area contributed by atoms with Crippen LogP contribution in [0.2, 0.25) is 0 Å². The van der Waals surface area contributed by atoms with Gasteiger partial charge < -0.3 is 10.6 Å². The molecule has 0 saturated heterocycles. The predicted molar refractivity (Wildman–Crippen MR) is 113 cm³/mol. The minimum Gasteiger partial charge on any atom is -0.326 e. The lowest BCUT2D eigenvalue weighted by atomic mass is 9.95. The maximum absolute atomic E-state index is 12.2. The van der Waals surface area contributed by atoms with Crippen LogP contribution in [0, 0.1) is 5.41 Å². The summed E-state index contributed by atoms with van der Waals surface area (Å²) in [5.41, 5.74) is 3.09. The predicted octanol–water partition coefficient (Wildman–Crippen LogP) is 5.86. The van der Waals surface area contributed by atoms with E-state index in [4.69, 9.17) is 0 Å². The van der Waals surface area contributed by atoms with Gasteiger partial charge in [-0.3, -0.25) is 9.59 Å². The third-order valence-corrected chi connectivity index (χ3v) is 4.29. The molecule has 2 N–H and O–H groups in total. The third-order valence-electron chi connectivity index (χ3n) is 4.29. The molecule has 0 bridgehead atoms. The molecular weight excluding hydrogens is 336 g/mol. The van der Waals surface area contributed by atoms with E-state index in [0.29, 0.717) is 6.42 Å². The van der Waals surface area contributed by atoms with Crippen LogP contribution >= 0.6 is 0 Å². The molecular formula is C23H30N2O2.